The molecule has 0 aromatic heterocycles. The van der Waals surface area contributed by atoms with Crippen LogP contribution in [0.5, 0.6) is 0 Å². The third-order valence-electron chi connectivity index (χ3n) is 2.19. The first kappa shape index (κ1) is 13.0. The van der Waals surface area contributed by atoms with Crippen LogP contribution in [0.1, 0.15) is 19.4 Å². The molecule has 0 aliphatic rings. The van der Waals surface area contributed by atoms with Gasteiger partial charge in [0.05, 0.1) is 17.5 Å². The molecular weight excluding hydrogens is 226 g/mol. The molecule has 0 amide bonds. The predicted molar refractivity (Wildman–Crippen MR) is 64.8 cm³/mol. The molecule has 0 radical (unpaired) electrons. The number of nitrogens with one attached hydrogen (secondary N) is 1. The first-order valence-corrected chi connectivity index (χ1v) is 6.60. The highest BCUT2D eigenvalue weighted by atomic mass is 32.2. The van der Waals surface area contributed by atoms with E-state index in [0.717, 1.165) is 5.56 Å². The Balaban J connectivity index is 2.97. The third-order valence-corrected chi connectivity index (χ3v) is 3.94. The van der Waals surface area contributed by atoms with Crippen molar-refractivity contribution in [3.8, 4) is 0 Å². The van der Waals surface area contributed by atoms with Crippen LogP contribution in [0.15, 0.2) is 24.3 Å². The van der Waals surface area contributed by atoms with Crippen LogP contribution in [0.3, 0.4) is 0 Å². The molecule has 1 aromatic rings. The van der Waals surface area contributed by atoms with E-state index < -0.39 is 15.3 Å². The lowest BCUT2D eigenvalue weighted by atomic mass is 10.2. The summed E-state index contributed by atoms with van der Waals surface area (Å²) in [4.78, 5) is 0. The van der Waals surface area contributed by atoms with E-state index in [-0.39, 0.29) is 0 Å². The average Bonchev–Trinajstić information content (AvgIpc) is 2.20. The van der Waals surface area contributed by atoms with Gasteiger partial charge in [-0.2, -0.15) is 0 Å². The van der Waals surface area contributed by atoms with Gasteiger partial charge in [-0.1, -0.05) is 18.2 Å². The Morgan fingerprint density at radius 3 is 2.50 bits per heavy atom. The van der Waals surface area contributed by atoms with Gasteiger partial charge in [0.15, 0.2) is 0 Å². The van der Waals surface area contributed by atoms with E-state index in [1.165, 1.54) is 0 Å². The van der Waals surface area contributed by atoms with Gasteiger partial charge >= 0.3 is 0 Å². The molecule has 1 N–H and O–H groups in total. The van der Waals surface area contributed by atoms with Crippen LogP contribution in [-0.4, -0.2) is 20.8 Å². The Bertz CT molecular complexity index is 440. The number of ether oxygens (including phenoxy) is 1. The van der Waals surface area contributed by atoms with E-state index in [4.69, 9.17) is 4.74 Å². The third kappa shape index (κ3) is 3.21. The number of sulfonamides is 1. The van der Waals surface area contributed by atoms with Gasteiger partial charge in [0, 0.05) is 12.7 Å². The van der Waals surface area contributed by atoms with E-state index >= 15 is 0 Å². The lowest BCUT2D eigenvalue weighted by molar-refractivity contribution is 0.185. The quantitative estimate of drug-likeness (QED) is 0.860. The number of anilines is 1. The predicted octanol–water partition coefficient (Wildman–Crippen LogP) is 1.98. The monoisotopic (exact) mass is 243 g/mol. The first-order valence-electron chi connectivity index (χ1n) is 5.06. The SMILES string of the molecule is COCc1ccccc1NS(=O)(=O)C(C)C. The largest absolute Gasteiger partial charge is 0.380 e. The fourth-order valence-electron chi connectivity index (χ4n) is 1.17. The summed E-state index contributed by atoms with van der Waals surface area (Å²) in [7, 11) is -1.72. The minimum Gasteiger partial charge on any atom is -0.380 e. The van der Waals surface area contributed by atoms with Crippen molar-refractivity contribution in [1.29, 1.82) is 0 Å². The minimum absolute atomic E-state index is 0.386. The van der Waals surface area contributed by atoms with E-state index in [0.29, 0.717) is 12.3 Å². The second-order valence-electron chi connectivity index (χ2n) is 3.79. The van der Waals surface area contributed by atoms with E-state index in [9.17, 15) is 8.42 Å². The van der Waals surface area contributed by atoms with Crippen molar-refractivity contribution in [2.45, 2.75) is 25.7 Å². The molecule has 0 saturated heterocycles. The van der Waals surface area contributed by atoms with Gasteiger partial charge in [-0.25, -0.2) is 8.42 Å². The first-order chi connectivity index (χ1) is 7.47. The summed E-state index contributed by atoms with van der Waals surface area (Å²) in [6.07, 6.45) is 0. The molecule has 16 heavy (non-hydrogen) atoms. The maximum absolute atomic E-state index is 11.7. The number of hydrogen-bond acceptors (Lipinski definition) is 3. The number of para-hydroxylation sites is 1. The fourth-order valence-corrected chi connectivity index (χ4v) is 1.91. The highest BCUT2D eigenvalue weighted by Gasteiger charge is 2.16. The molecule has 1 aromatic carbocycles. The lowest BCUT2D eigenvalue weighted by Crippen LogP contribution is -2.23. The normalized spacial score (nSPS) is 11.8. The Hall–Kier alpha value is -1.07. The van der Waals surface area contributed by atoms with E-state index in [1.807, 2.05) is 12.1 Å². The number of benzene rings is 1. The molecule has 5 heteroatoms. The molecule has 0 aliphatic heterocycles. The molecular formula is C11H17NO3S. The van der Waals surface area contributed by atoms with Crippen LogP contribution < -0.4 is 4.72 Å². The molecule has 0 fully saturated rings. The molecule has 0 bridgehead atoms. The van der Waals surface area contributed by atoms with Crippen molar-refractivity contribution in [2.24, 2.45) is 0 Å². The Labute approximate surface area is 96.7 Å². The number of methoxy groups -OCH3 is 1. The minimum atomic E-state index is -3.30. The molecule has 0 unspecified atom stereocenters. The van der Waals surface area contributed by atoms with Gasteiger partial charge in [-0.05, 0) is 19.9 Å². The fraction of sp³-hybridized carbons (Fsp3) is 0.455. The van der Waals surface area contributed by atoms with Crippen molar-refractivity contribution in [2.75, 3.05) is 11.8 Å². The zero-order chi connectivity index (χ0) is 12.2. The summed E-state index contributed by atoms with van der Waals surface area (Å²) in [5.74, 6) is 0. The number of rotatable bonds is 5. The molecule has 0 spiro atoms. The molecule has 90 valence electrons. The molecule has 0 heterocycles. The molecule has 0 saturated carbocycles. The molecule has 4 nitrogen and oxygen atoms in total. The van der Waals surface area contributed by atoms with Crippen LogP contribution >= 0.6 is 0 Å². The number of hydrogen-bond donors (Lipinski definition) is 1. The standard InChI is InChI=1S/C11H17NO3S/c1-9(2)16(13,14)12-11-7-5-4-6-10(11)8-15-3/h4-7,9,12H,8H2,1-3H3. The highest BCUT2D eigenvalue weighted by Crippen LogP contribution is 2.18. The smallest absolute Gasteiger partial charge is 0.235 e. The van der Waals surface area contributed by atoms with Gasteiger partial charge in [-0.3, -0.25) is 4.72 Å². The van der Waals surface area contributed by atoms with Gasteiger partial charge < -0.3 is 4.74 Å². The van der Waals surface area contributed by atoms with Crippen molar-refractivity contribution < 1.29 is 13.2 Å². The zero-order valence-electron chi connectivity index (χ0n) is 9.73. The molecule has 1 rings (SSSR count). The van der Waals surface area contributed by atoms with E-state index in [2.05, 4.69) is 4.72 Å². The summed E-state index contributed by atoms with van der Waals surface area (Å²) < 4.78 is 31.0. The average molecular weight is 243 g/mol. The van der Waals surface area contributed by atoms with Gasteiger partial charge in [0.1, 0.15) is 0 Å². The van der Waals surface area contributed by atoms with Crippen LogP contribution in [0.25, 0.3) is 0 Å². The topological polar surface area (TPSA) is 55.4 Å². The zero-order valence-corrected chi connectivity index (χ0v) is 10.5. The van der Waals surface area contributed by atoms with Crippen LogP contribution in [0, 0.1) is 0 Å². The highest BCUT2D eigenvalue weighted by molar-refractivity contribution is 7.93. The van der Waals surface area contributed by atoms with Gasteiger partial charge in [0.2, 0.25) is 10.0 Å². The summed E-state index contributed by atoms with van der Waals surface area (Å²) >= 11 is 0. The Morgan fingerprint density at radius 1 is 1.31 bits per heavy atom. The second kappa shape index (κ2) is 5.32. The lowest BCUT2D eigenvalue weighted by Gasteiger charge is -2.13. The Kier molecular flexibility index (Phi) is 4.32. The summed E-state index contributed by atoms with van der Waals surface area (Å²) in [6.45, 7) is 3.67. The van der Waals surface area contributed by atoms with E-state index in [1.54, 1.807) is 33.1 Å². The molecule has 0 atom stereocenters. The maximum atomic E-state index is 11.7. The van der Waals surface area contributed by atoms with Crippen molar-refractivity contribution in [3.63, 3.8) is 0 Å². The summed E-state index contributed by atoms with van der Waals surface area (Å²) in [5.41, 5.74) is 1.41. The van der Waals surface area contributed by atoms with Crippen LogP contribution in [-0.2, 0) is 21.4 Å². The maximum Gasteiger partial charge on any atom is 0.235 e. The Morgan fingerprint density at radius 2 is 1.94 bits per heavy atom. The van der Waals surface area contributed by atoms with Crippen LogP contribution in [0.4, 0.5) is 5.69 Å². The second-order valence-corrected chi connectivity index (χ2v) is 6.02. The van der Waals surface area contributed by atoms with Gasteiger partial charge in [0.25, 0.3) is 0 Å². The van der Waals surface area contributed by atoms with Crippen molar-refractivity contribution >= 4 is 15.7 Å². The van der Waals surface area contributed by atoms with Crippen molar-refractivity contribution in [3.05, 3.63) is 29.8 Å². The molecule has 0 aliphatic carbocycles. The summed E-state index contributed by atoms with van der Waals surface area (Å²) in [6, 6.07) is 7.20. The summed E-state index contributed by atoms with van der Waals surface area (Å²) in [5, 5.41) is -0.455. The van der Waals surface area contributed by atoms with Gasteiger partial charge in [-0.15, -0.1) is 0 Å². The van der Waals surface area contributed by atoms with Crippen LogP contribution in [0.2, 0.25) is 0 Å². The van der Waals surface area contributed by atoms with Crippen molar-refractivity contribution in [1.82, 2.24) is 0 Å².